The fourth-order valence-corrected chi connectivity index (χ4v) is 2.83. The Balaban J connectivity index is 2.85. The molecule has 0 fully saturated rings. The minimum absolute atomic E-state index is 0.141. The van der Waals surface area contributed by atoms with E-state index in [2.05, 4.69) is 0 Å². The number of nitrogens with zero attached hydrogens (tertiary/aromatic N) is 1. The van der Waals surface area contributed by atoms with E-state index in [0.29, 0.717) is 19.3 Å². The summed E-state index contributed by atoms with van der Waals surface area (Å²) in [7, 11) is 0. The summed E-state index contributed by atoms with van der Waals surface area (Å²) in [5, 5.41) is 0. The Kier molecular flexibility index (Phi) is 9.32. The highest BCUT2D eigenvalue weighted by Gasteiger charge is 2.43. The molecule has 0 radical (unpaired) electrons. The van der Waals surface area contributed by atoms with Crippen molar-refractivity contribution in [2.24, 2.45) is 0 Å². The number of unbranched alkanes of at least 4 members (excludes halogenated alkanes) is 3. The molecule has 25 heavy (non-hydrogen) atoms. The van der Waals surface area contributed by atoms with Gasteiger partial charge in [-0.05, 0) is 31.7 Å². The van der Waals surface area contributed by atoms with Crippen LogP contribution in [0.2, 0.25) is 0 Å². The average molecular weight is 355 g/mol. The quantitative estimate of drug-likeness (QED) is 0.399. The Morgan fingerprint density at radius 3 is 2.40 bits per heavy atom. The molecule has 0 aliphatic carbocycles. The summed E-state index contributed by atoms with van der Waals surface area (Å²) in [4.78, 5) is 12.9. The average Bonchev–Trinajstić information content (AvgIpc) is 2.59. The van der Waals surface area contributed by atoms with E-state index in [9.17, 15) is 18.0 Å². The van der Waals surface area contributed by atoms with Gasteiger partial charge in [-0.1, -0.05) is 68.7 Å². The number of amides is 1. The minimum atomic E-state index is -4.84. The number of hydrogen-bond donors (Lipinski definition) is 0. The number of benzene rings is 1. The van der Waals surface area contributed by atoms with Gasteiger partial charge < -0.3 is 4.90 Å². The van der Waals surface area contributed by atoms with Crippen LogP contribution in [0, 0.1) is 0 Å². The van der Waals surface area contributed by atoms with Crippen molar-refractivity contribution in [2.75, 3.05) is 6.54 Å². The standard InChI is InChI=1S/C20H28F3NO/c1-3-5-6-10-16-24(19(25)20(21,22)23)18(11-4-2)15-14-17-12-8-7-9-13-17/h4,7-9,11-13,18H,3,5-6,10,14-16H2,1-2H3/b11-4+/t18-/m0/s1. The van der Waals surface area contributed by atoms with E-state index in [-0.39, 0.29) is 6.54 Å². The summed E-state index contributed by atoms with van der Waals surface area (Å²) in [6.07, 6.45) is 3.08. The molecule has 0 N–H and O–H groups in total. The molecule has 0 spiro atoms. The Bertz CT molecular complexity index is 525. The number of alkyl halides is 3. The van der Waals surface area contributed by atoms with Crippen molar-refractivity contribution < 1.29 is 18.0 Å². The van der Waals surface area contributed by atoms with Crippen LogP contribution in [0.15, 0.2) is 42.5 Å². The molecule has 0 saturated heterocycles. The maximum absolute atomic E-state index is 13.0. The summed E-state index contributed by atoms with van der Waals surface area (Å²) in [5.41, 5.74) is 1.06. The van der Waals surface area contributed by atoms with Gasteiger partial charge in [0.1, 0.15) is 0 Å². The zero-order valence-corrected chi connectivity index (χ0v) is 15.1. The Labute approximate surface area is 148 Å². The van der Waals surface area contributed by atoms with E-state index in [1.807, 2.05) is 37.3 Å². The molecule has 0 aliphatic rings. The van der Waals surface area contributed by atoms with Crippen LogP contribution in [0.4, 0.5) is 13.2 Å². The van der Waals surface area contributed by atoms with Crippen molar-refractivity contribution in [3.05, 3.63) is 48.0 Å². The fourth-order valence-electron chi connectivity index (χ4n) is 2.83. The lowest BCUT2D eigenvalue weighted by Gasteiger charge is -2.31. The van der Waals surface area contributed by atoms with Crippen LogP contribution < -0.4 is 0 Å². The molecular weight excluding hydrogens is 327 g/mol. The van der Waals surface area contributed by atoms with Gasteiger partial charge in [-0.15, -0.1) is 0 Å². The largest absolute Gasteiger partial charge is 0.471 e. The number of aryl methyl sites for hydroxylation is 1. The Morgan fingerprint density at radius 2 is 1.84 bits per heavy atom. The van der Waals surface area contributed by atoms with Gasteiger partial charge >= 0.3 is 12.1 Å². The monoisotopic (exact) mass is 355 g/mol. The molecule has 5 heteroatoms. The molecule has 0 heterocycles. The number of allylic oxidation sites excluding steroid dienone is 1. The molecule has 1 atom stereocenters. The maximum Gasteiger partial charge on any atom is 0.471 e. The van der Waals surface area contributed by atoms with Crippen molar-refractivity contribution in [1.29, 1.82) is 0 Å². The van der Waals surface area contributed by atoms with E-state index in [0.717, 1.165) is 29.7 Å². The second kappa shape index (κ2) is 11.0. The molecular formula is C20H28F3NO. The van der Waals surface area contributed by atoms with E-state index in [1.54, 1.807) is 19.1 Å². The van der Waals surface area contributed by atoms with Gasteiger partial charge in [-0.2, -0.15) is 13.2 Å². The van der Waals surface area contributed by atoms with Crippen LogP contribution in [0.1, 0.15) is 51.5 Å². The SMILES string of the molecule is C/C=C/[C@@H](CCc1ccccc1)N(CCCCCC)C(=O)C(F)(F)F. The smallest absolute Gasteiger partial charge is 0.328 e. The predicted molar refractivity (Wildman–Crippen MR) is 95.3 cm³/mol. The van der Waals surface area contributed by atoms with Gasteiger partial charge in [0, 0.05) is 6.54 Å². The highest BCUT2D eigenvalue weighted by atomic mass is 19.4. The first-order valence-electron chi connectivity index (χ1n) is 8.94. The molecule has 0 bridgehead atoms. The molecule has 140 valence electrons. The van der Waals surface area contributed by atoms with Crippen LogP contribution in [-0.2, 0) is 11.2 Å². The molecule has 1 amide bonds. The summed E-state index contributed by atoms with van der Waals surface area (Å²) < 4.78 is 39.1. The zero-order chi connectivity index (χ0) is 18.7. The van der Waals surface area contributed by atoms with Crippen LogP contribution in [-0.4, -0.2) is 29.6 Å². The topological polar surface area (TPSA) is 20.3 Å². The van der Waals surface area contributed by atoms with Crippen molar-refractivity contribution in [1.82, 2.24) is 4.90 Å². The number of rotatable bonds is 10. The maximum atomic E-state index is 13.0. The molecule has 1 aromatic rings. The lowest BCUT2D eigenvalue weighted by molar-refractivity contribution is -0.187. The lowest BCUT2D eigenvalue weighted by Crippen LogP contribution is -2.47. The number of hydrogen-bond acceptors (Lipinski definition) is 1. The van der Waals surface area contributed by atoms with Gasteiger partial charge in [-0.25, -0.2) is 0 Å². The second-order valence-corrected chi connectivity index (χ2v) is 6.17. The summed E-state index contributed by atoms with van der Waals surface area (Å²) >= 11 is 0. The molecule has 1 aromatic carbocycles. The highest BCUT2D eigenvalue weighted by Crippen LogP contribution is 2.23. The number of halogens is 3. The first kappa shape index (κ1) is 21.3. The minimum Gasteiger partial charge on any atom is -0.328 e. The summed E-state index contributed by atoms with van der Waals surface area (Å²) in [5.74, 6) is -1.74. The molecule has 0 unspecified atom stereocenters. The van der Waals surface area contributed by atoms with E-state index < -0.39 is 18.1 Å². The van der Waals surface area contributed by atoms with E-state index >= 15 is 0 Å². The number of carbonyl (C=O) groups is 1. The molecule has 0 saturated carbocycles. The van der Waals surface area contributed by atoms with Crippen LogP contribution in [0.3, 0.4) is 0 Å². The normalized spacial score (nSPS) is 13.2. The van der Waals surface area contributed by atoms with Crippen LogP contribution >= 0.6 is 0 Å². The fraction of sp³-hybridized carbons (Fsp3) is 0.550. The van der Waals surface area contributed by atoms with Gasteiger partial charge in [0.2, 0.25) is 0 Å². The first-order valence-corrected chi connectivity index (χ1v) is 8.94. The van der Waals surface area contributed by atoms with Crippen LogP contribution in [0.25, 0.3) is 0 Å². The third-order valence-electron chi connectivity index (χ3n) is 4.14. The van der Waals surface area contributed by atoms with Crippen LogP contribution in [0.5, 0.6) is 0 Å². The van der Waals surface area contributed by atoms with Gasteiger partial charge in [0.05, 0.1) is 6.04 Å². The van der Waals surface area contributed by atoms with Gasteiger partial charge in [0.25, 0.3) is 0 Å². The summed E-state index contributed by atoms with van der Waals surface area (Å²) in [6, 6.07) is 9.07. The first-order chi connectivity index (χ1) is 11.9. The third kappa shape index (κ3) is 7.76. The van der Waals surface area contributed by atoms with Crippen molar-refractivity contribution in [2.45, 2.75) is 64.6 Å². The third-order valence-corrected chi connectivity index (χ3v) is 4.14. The van der Waals surface area contributed by atoms with Crippen molar-refractivity contribution in [3.8, 4) is 0 Å². The van der Waals surface area contributed by atoms with Gasteiger partial charge in [-0.3, -0.25) is 4.79 Å². The molecule has 1 rings (SSSR count). The Morgan fingerprint density at radius 1 is 1.16 bits per heavy atom. The van der Waals surface area contributed by atoms with Crippen molar-refractivity contribution in [3.63, 3.8) is 0 Å². The molecule has 2 nitrogen and oxygen atoms in total. The zero-order valence-electron chi connectivity index (χ0n) is 15.1. The second-order valence-electron chi connectivity index (χ2n) is 6.17. The molecule has 0 aliphatic heterocycles. The molecule has 0 aromatic heterocycles. The number of carbonyl (C=O) groups excluding carboxylic acids is 1. The van der Waals surface area contributed by atoms with E-state index in [4.69, 9.17) is 0 Å². The van der Waals surface area contributed by atoms with Gasteiger partial charge in [0.15, 0.2) is 0 Å². The van der Waals surface area contributed by atoms with Crippen molar-refractivity contribution >= 4 is 5.91 Å². The summed E-state index contributed by atoms with van der Waals surface area (Å²) in [6.45, 7) is 3.95. The predicted octanol–water partition coefficient (Wildman–Crippen LogP) is 5.54. The lowest BCUT2D eigenvalue weighted by atomic mass is 10.0. The Hall–Kier alpha value is -1.78. The van der Waals surface area contributed by atoms with E-state index in [1.165, 1.54) is 0 Å². The highest BCUT2D eigenvalue weighted by molar-refractivity contribution is 5.82.